The molecule has 0 N–H and O–H groups in total. The van der Waals surface area contributed by atoms with Crippen molar-refractivity contribution < 1.29 is 4.58 Å². The van der Waals surface area contributed by atoms with Crippen molar-refractivity contribution >= 4 is 6.21 Å². The van der Waals surface area contributed by atoms with Gasteiger partial charge >= 0.3 is 0 Å². The first kappa shape index (κ1) is 12.5. The predicted octanol–water partition coefficient (Wildman–Crippen LogP) is 4.13. The molecule has 1 aliphatic heterocycles. The molecule has 0 bridgehead atoms. The fourth-order valence-electron chi connectivity index (χ4n) is 2.48. The van der Waals surface area contributed by atoms with Crippen LogP contribution in [0, 0.1) is 0 Å². The zero-order valence-corrected chi connectivity index (χ0v) is 10.8. The number of rotatable bonds is 5. The first-order chi connectivity index (χ1) is 7.20. The van der Waals surface area contributed by atoms with Crippen LogP contribution >= 0.6 is 0 Å². The molecular weight excluding hydrogens is 182 g/mol. The van der Waals surface area contributed by atoms with Crippen molar-refractivity contribution in [2.75, 3.05) is 0 Å². The van der Waals surface area contributed by atoms with Gasteiger partial charge in [0.05, 0.1) is 0 Å². The number of allylic oxidation sites excluding steroid dienone is 2. The second-order valence-electron chi connectivity index (χ2n) is 4.74. The fourth-order valence-corrected chi connectivity index (χ4v) is 2.48. The largest absolute Gasteiger partial charge is 0.204 e. The molecule has 0 saturated carbocycles. The van der Waals surface area contributed by atoms with E-state index in [-0.39, 0.29) is 0 Å². The third-order valence-electron chi connectivity index (χ3n) is 3.32. The fraction of sp³-hybridized carbons (Fsp3) is 0.786. The van der Waals surface area contributed by atoms with Gasteiger partial charge in [-0.3, -0.25) is 0 Å². The smallest absolute Gasteiger partial charge is 0.180 e. The van der Waals surface area contributed by atoms with Gasteiger partial charge in [0.25, 0.3) is 0 Å². The summed E-state index contributed by atoms with van der Waals surface area (Å²) in [5.74, 6) is 0. The molecule has 0 aromatic heterocycles. The minimum atomic E-state index is 0.687. The van der Waals surface area contributed by atoms with Gasteiger partial charge in [-0.05, 0) is 38.7 Å². The van der Waals surface area contributed by atoms with E-state index in [9.17, 15) is 0 Å². The molecule has 1 heterocycles. The quantitative estimate of drug-likeness (QED) is 0.598. The monoisotopic (exact) mass is 208 g/mol. The molecule has 0 fully saturated rings. The van der Waals surface area contributed by atoms with E-state index in [1.807, 2.05) is 0 Å². The van der Waals surface area contributed by atoms with Crippen molar-refractivity contribution in [2.45, 2.75) is 72.3 Å². The summed E-state index contributed by atoms with van der Waals surface area (Å²) >= 11 is 0. The van der Waals surface area contributed by atoms with Crippen molar-refractivity contribution in [1.29, 1.82) is 0 Å². The lowest BCUT2D eigenvalue weighted by Gasteiger charge is -2.18. The summed E-state index contributed by atoms with van der Waals surface area (Å²) in [6, 6.07) is 0.687. The standard InChI is InChI=1S/C14H26N/c1-5-8-13(4)15-11-7-10-12(3)14(15)9-6-2/h11,13H,5-10H2,1-4H3/q+1. The van der Waals surface area contributed by atoms with Crippen LogP contribution in [0.15, 0.2) is 11.3 Å². The van der Waals surface area contributed by atoms with Crippen molar-refractivity contribution in [3.8, 4) is 0 Å². The Morgan fingerprint density at radius 3 is 2.67 bits per heavy atom. The van der Waals surface area contributed by atoms with E-state index in [0.29, 0.717) is 6.04 Å². The Bertz CT molecular complexity index is 261. The summed E-state index contributed by atoms with van der Waals surface area (Å²) in [5, 5.41) is 0. The first-order valence-corrected chi connectivity index (χ1v) is 6.51. The molecule has 1 unspecified atom stereocenters. The molecule has 1 rings (SSSR count). The second-order valence-corrected chi connectivity index (χ2v) is 4.74. The highest BCUT2D eigenvalue weighted by Crippen LogP contribution is 2.22. The summed E-state index contributed by atoms with van der Waals surface area (Å²) in [6.07, 6.45) is 10.0. The van der Waals surface area contributed by atoms with E-state index >= 15 is 0 Å². The van der Waals surface area contributed by atoms with Crippen molar-refractivity contribution in [3.63, 3.8) is 0 Å². The molecule has 0 radical (unpaired) electrons. The first-order valence-electron chi connectivity index (χ1n) is 6.51. The molecule has 1 atom stereocenters. The Hall–Kier alpha value is -0.590. The van der Waals surface area contributed by atoms with Gasteiger partial charge < -0.3 is 0 Å². The molecule has 86 valence electrons. The molecule has 0 amide bonds. The molecule has 1 nitrogen and oxygen atoms in total. The van der Waals surface area contributed by atoms with Crippen LogP contribution in [0.5, 0.6) is 0 Å². The van der Waals surface area contributed by atoms with Crippen molar-refractivity contribution in [3.05, 3.63) is 11.3 Å². The SMILES string of the molecule is CCCC1=C(C)CCC=[N+]1C(C)CCC. The van der Waals surface area contributed by atoms with Gasteiger partial charge in [0.2, 0.25) is 0 Å². The normalized spacial score (nSPS) is 19.1. The molecular formula is C14H26N+. The number of hydrogen-bond donors (Lipinski definition) is 0. The lowest BCUT2D eigenvalue weighted by atomic mass is 10.0. The zero-order valence-electron chi connectivity index (χ0n) is 10.8. The van der Waals surface area contributed by atoms with Gasteiger partial charge in [-0.1, -0.05) is 13.8 Å². The zero-order chi connectivity index (χ0) is 11.3. The highest BCUT2D eigenvalue weighted by molar-refractivity contribution is 5.54. The Kier molecular flexibility index (Phi) is 5.07. The van der Waals surface area contributed by atoms with E-state index in [0.717, 1.165) is 0 Å². The van der Waals surface area contributed by atoms with E-state index in [2.05, 4.69) is 38.5 Å². The predicted molar refractivity (Wildman–Crippen MR) is 67.5 cm³/mol. The summed E-state index contributed by atoms with van der Waals surface area (Å²) in [6.45, 7) is 9.21. The van der Waals surface area contributed by atoms with Gasteiger partial charge in [-0.15, -0.1) is 0 Å². The third-order valence-corrected chi connectivity index (χ3v) is 3.32. The molecule has 0 aromatic rings. The van der Waals surface area contributed by atoms with Crippen LogP contribution in [0.2, 0.25) is 0 Å². The van der Waals surface area contributed by atoms with Gasteiger partial charge in [0, 0.05) is 19.3 Å². The second kappa shape index (κ2) is 6.09. The van der Waals surface area contributed by atoms with Crippen molar-refractivity contribution in [2.24, 2.45) is 0 Å². The topological polar surface area (TPSA) is 3.01 Å². The maximum Gasteiger partial charge on any atom is 0.180 e. The van der Waals surface area contributed by atoms with Gasteiger partial charge in [-0.25, -0.2) is 4.58 Å². The maximum absolute atomic E-state index is 2.55. The average Bonchev–Trinajstić information content (AvgIpc) is 2.21. The third kappa shape index (κ3) is 3.19. The molecule has 0 aliphatic carbocycles. The summed E-state index contributed by atoms with van der Waals surface area (Å²) < 4.78 is 2.55. The Labute approximate surface area is 94.9 Å². The minimum absolute atomic E-state index is 0.687. The Morgan fingerprint density at radius 1 is 1.33 bits per heavy atom. The summed E-state index contributed by atoms with van der Waals surface area (Å²) in [4.78, 5) is 0. The van der Waals surface area contributed by atoms with Crippen LogP contribution in [-0.2, 0) is 0 Å². The van der Waals surface area contributed by atoms with Crippen LogP contribution in [0.3, 0.4) is 0 Å². The molecule has 1 aliphatic rings. The van der Waals surface area contributed by atoms with E-state index < -0.39 is 0 Å². The van der Waals surface area contributed by atoms with Gasteiger partial charge in [0.1, 0.15) is 6.21 Å². The van der Waals surface area contributed by atoms with E-state index in [4.69, 9.17) is 0 Å². The van der Waals surface area contributed by atoms with Crippen LogP contribution in [0.4, 0.5) is 0 Å². The van der Waals surface area contributed by atoms with Crippen molar-refractivity contribution in [1.82, 2.24) is 0 Å². The van der Waals surface area contributed by atoms with E-state index in [1.165, 1.54) is 38.5 Å². The lowest BCUT2D eigenvalue weighted by Crippen LogP contribution is -2.27. The van der Waals surface area contributed by atoms with Crippen LogP contribution in [0.25, 0.3) is 0 Å². The molecule has 0 spiro atoms. The Morgan fingerprint density at radius 2 is 2.07 bits per heavy atom. The highest BCUT2D eigenvalue weighted by Gasteiger charge is 2.24. The number of hydrogen-bond acceptors (Lipinski definition) is 0. The molecule has 0 aromatic carbocycles. The highest BCUT2D eigenvalue weighted by atomic mass is 15.0. The summed E-state index contributed by atoms with van der Waals surface area (Å²) in [7, 11) is 0. The summed E-state index contributed by atoms with van der Waals surface area (Å²) in [5.41, 5.74) is 3.21. The van der Waals surface area contributed by atoms with Gasteiger partial charge in [0.15, 0.2) is 11.7 Å². The van der Waals surface area contributed by atoms with Gasteiger partial charge in [-0.2, -0.15) is 0 Å². The minimum Gasteiger partial charge on any atom is -0.204 e. The molecule has 15 heavy (non-hydrogen) atoms. The van der Waals surface area contributed by atoms with Crippen LogP contribution < -0.4 is 0 Å². The Balaban J connectivity index is 2.80. The van der Waals surface area contributed by atoms with Crippen LogP contribution in [-0.4, -0.2) is 16.8 Å². The average molecular weight is 208 g/mol. The van der Waals surface area contributed by atoms with E-state index in [1.54, 1.807) is 11.3 Å². The maximum atomic E-state index is 2.55. The number of nitrogens with zero attached hydrogens (tertiary/aromatic N) is 1. The lowest BCUT2D eigenvalue weighted by molar-refractivity contribution is -0.517. The molecule has 1 heteroatoms. The molecule has 0 saturated heterocycles. The van der Waals surface area contributed by atoms with Crippen LogP contribution in [0.1, 0.15) is 66.2 Å².